The summed E-state index contributed by atoms with van der Waals surface area (Å²) in [5.74, 6) is 0. The molecule has 0 spiro atoms. The molecule has 1 aromatic carbocycles. The Morgan fingerprint density at radius 3 is 2.37 bits per heavy atom. The predicted molar refractivity (Wildman–Crippen MR) is 66.8 cm³/mol. The third-order valence-electron chi connectivity index (χ3n) is 2.82. The standard InChI is InChI=1S/C11H12N4O3.ClH/c1-11(2,14-7-10(12)18-13-14)8-3-5-9(6-4-8)15(16)17;/h3-7,12H,1-2H3;1H. The van der Waals surface area contributed by atoms with Crippen LogP contribution in [0.2, 0.25) is 0 Å². The number of non-ortho nitro benzene ring substituents is 1. The van der Waals surface area contributed by atoms with Crippen molar-refractivity contribution in [3.8, 4) is 0 Å². The van der Waals surface area contributed by atoms with Gasteiger partial charge in [0.25, 0.3) is 11.2 Å². The Hall–Kier alpha value is -2.15. The van der Waals surface area contributed by atoms with Crippen molar-refractivity contribution in [2.24, 2.45) is 0 Å². The van der Waals surface area contributed by atoms with Crippen LogP contribution < -0.4 is 15.5 Å². The summed E-state index contributed by atoms with van der Waals surface area (Å²) >= 11 is 0. The minimum Gasteiger partial charge on any atom is -0.487 e. The highest BCUT2D eigenvalue weighted by Crippen LogP contribution is 2.21. The molecule has 102 valence electrons. The molecule has 1 aromatic heterocycles. The highest BCUT2D eigenvalue weighted by Gasteiger charge is 2.29. The molecule has 0 aliphatic carbocycles. The van der Waals surface area contributed by atoms with Gasteiger partial charge in [0.15, 0.2) is 5.54 Å². The number of benzene rings is 1. The number of hydrogen-bond acceptors (Lipinski definition) is 4. The molecule has 0 saturated carbocycles. The Kier molecular flexibility index (Phi) is 4.10. The molecule has 1 heterocycles. The lowest BCUT2D eigenvalue weighted by atomic mass is 9.94. The van der Waals surface area contributed by atoms with Gasteiger partial charge in [0.2, 0.25) is 6.20 Å². The van der Waals surface area contributed by atoms with Gasteiger partial charge in [0, 0.05) is 31.5 Å². The largest absolute Gasteiger partial charge is 0.487 e. The van der Waals surface area contributed by atoms with Crippen molar-refractivity contribution >= 4 is 18.1 Å². The molecule has 8 heteroatoms. The molecule has 7 nitrogen and oxygen atoms in total. The minimum atomic E-state index is -0.544. The monoisotopic (exact) mass is 284 g/mol. The maximum absolute atomic E-state index is 10.6. The van der Waals surface area contributed by atoms with Crippen LogP contribution in [0.3, 0.4) is 0 Å². The van der Waals surface area contributed by atoms with Crippen LogP contribution in [0.4, 0.5) is 5.69 Å². The van der Waals surface area contributed by atoms with Gasteiger partial charge >= 0.3 is 0 Å². The molecule has 0 atom stereocenters. The number of nitrogens with zero attached hydrogens (tertiary/aromatic N) is 3. The fourth-order valence-electron chi connectivity index (χ4n) is 1.63. The zero-order valence-corrected chi connectivity index (χ0v) is 11.2. The summed E-state index contributed by atoms with van der Waals surface area (Å²) in [7, 11) is 0. The van der Waals surface area contributed by atoms with Gasteiger partial charge in [0.1, 0.15) is 0 Å². The topological polar surface area (TPSA) is 98.1 Å². The van der Waals surface area contributed by atoms with Crippen LogP contribution >= 0.6 is 12.4 Å². The highest BCUT2D eigenvalue weighted by atomic mass is 35.5. The van der Waals surface area contributed by atoms with E-state index in [4.69, 9.17) is 9.93 Å². The normalized spacial score (nSPS) is 10.8. The van der Waals surface area contributed by atoms with E-state index < -0.39 is 10.5 Å². The summed E-state index contributed by atoms with van der Waals surface area (Å²) in [5, 5.41) is 21.6. The van der Waals surface area contributed by atoms with Crippen LogP contribution in [-0.2, 0) is 5.54 Å². The summed E-state index contributed by atoms with van der Waals surface area (Å²) in [6.45, 7) is 3.77. The van der Waals surface area contributed by atoms with Crippen LogP contribution in [0.1, 0.15) is 19.4 Å². The fourth-order valence-corrected chi connectivity index (χ4v) is 1.63. The molecular weight excluding hydrogens is 272 g/mol. The molecule has 0 radical (unpaired) electrons. The molecular formula is C11H13ClN4O3. The van der Waals surface area contributed by atoms with Crippen molar-refractivity contribution < 1.29 is 14.1 Å². The molecule has 2 aromatic rings. The van der Waals surface area contributed by atoms with E-state index in [1.54, 1.807) is 12.1 Å². The van der Waals surface area contributed by atoms with Crippen LogP contribution in [-0.4, -0.2) is 4.92 Å². The molecule has 0 unspecified atom stereocenters. The Morgan fingerprint density at radius 1 is 1.37 bits per heavy atom. The van der Waals surface area contributed by atoms with E-state index in [1.165, 1.54) is 23.0 Å². The number of rotatable bonds is 3. The third kappa shape index (κ3) is 2.82. The molecule has 0 bridgehead atoms. The van der Waals surface area contributed by atoms with Crippen LogP contribution in [0.25, 0.3) is 0 Å². The minimum absolute atomic E-state index is 0. The second-order valence-corrected chi connectivity index (χ2v) is 4.37. The average Bonchev–Trinajstić information content (AvgIpc) is 2.76. The Morgan fingerprint density at radius 2 is 1.95 bits per heavy atom. The van der Waals surface area contributed by atoms with E-state index in [2.05, 4.69) is 5.27 Å². The van der Waals surface area contributed by atoms with E-state index in [9.17, 15) is 10.1 Å². The highest BCUT2D eigenvalue weighted by molar-refractivity contribution is 5.85. The SMILES string of the molecule is CC(C)(c1ccc([N+](=O)[O-])cc1)[n+]1cc(=N)o[n-]1.Cl. The first kappa shape index (κ1) is 14.9. The number of nitro groups is 1. The second kappa shape index (κ2) is 5.23. The molecule has 1 N–H and O–H groups in total. The summed E-state index contributed by atoms with van der Waals surface area (Å²) in [5.41, 5.74) is 0.301. The number of nitro benzene ring substituents is 1. The van der Waals surface area contributed by atoms with Crippen molar-refractivity contribution in [2.75, 3.05) is 0 Å². The number of aromatic nitrogens is 2. The van der Waals surface area contributed by atoms with Crippen molar-refractivity contribution in [2.45, 2.75) is 19.4 Å². The molecule has 0 aliphatic heterocycles. The Balaban J connectivity index is 0.00000180. The summed E-state index contributed by atoms with van der Waals surface area (Å²) in [4.78, 5) is 10.1. The van der Waals surface area contributed by atoms with Gasteiger partial charge in [0.05, 0.1) is 4.92 Å². The lowest BCUT2D eigenvalue weighted by Crippen LogP contribution is -2.55. The van der Waals surface area contributed by atoms with Crippen molar-refractivity contribution in [3.05, 3.63) is 51.7 Å². The van der Waals surface area contributed by atoms with Crippen molar-refractivity contribution in [3.63, 3.8) is 0 Å². The Labute approximate surface area is 114 Å². The Bertz CT molecular complexity index is 630. The lowest BCUT2D eigenvalue weighted by Gasteiger charge is -2.20. The first-order chi connectivity index (χ1) is 8.41. The van der Waals surface area contributed by atoms with E-state index >= 15 is 0 Å². The summed E-state index contributed by atoms with van der Waals surface area (Å²) < 4.78 is 6.22. The maximum Gasteiger partial charge on any atom is 0.269 e. The van der Waals surface area contributed by atoms with Crippen LogP contribution in [0, 0.1) is 15.5 Å². The van der Waals surface area contributed by atoms with Crippen molar-refractivity contribution in [1.29, 1.82) is 5.41 Å². The molecule has 2 rings (SSSR count). The van der Waals surface area contributed by atoms with E-state index in [0.29, 0.717) is 0 Å². The fraction of sp³-hybridized carbons (Fsp3) is 0.273. The molecule has 0 amide bonds. The number of halogens is 1. The van der Waals surface area contributed by atoms with Gasteiger partial charge in [-0.3, -0.25) is 20.8 Å². The van der Waals surface area contributed by atoms with Gasteiger partial charge in [-0.05, 0) is 12.1 Å². The lowest BCUT2D eigenvalue weighted by molar-refractivity contribution is -0.812. The molecule has 19 heavy (non-hydrogen) atoms. The first-order valence-corrected chi connectivity index (χ1v) is 5.27. The quantitative estimate of drug-likeness (QED) is 0.519. The van der Waals surface area contributed by atoms with Crippen molar-refractivity contribution in [1.82, 2.24) is 5.27 Å². The zero-order chi connectivity index (χ0) is 13.3. The average molecular weight is 285 g/mol. The number of hydrogen-bond donors (Lipinski definition) is 1. The van der Waals surface area contributed by atoms with Crippen LogP contribution in [0.5, 0.6) is 0 Å². The van der Waals surface area contributed by atoms with Gasteiger partial charge in [-0.15, -0.1) is 12.4 Å². The first-order valence-electron chi connectivity index (χ1n) is 5.27. The van der Waals surface area contributed by atoms with E-state index in [1.807, 2.05) is 13.8 Å². The van der Waals surface area contributed by atoms with Crippen LogP contribution in [0.15, 0.2) is 35.0 Å². The smallest absolute Gasteiger partial charge is 0.269 e. The van der Waals surface area contributed by atoms with E-state index in [0.717, 1.165) is 5.56 Å². The summed E-state index contributed by atoms with van der Waals surface area (Å²) in [6, 6.07) is 6.23. The third-order valence-corrected chi connectivity index (χ3v) is 2.82. The maximum atomic E-state index is 10.6. The molecule has 0 saturated heterocycles. The van der Waals surface area contributed by atoms with Gasteiger partial charge in [-0.25, -0.2) is 4.68 Å². The zero-order valence-electron chi connectivity index (χ0n) is 10.4. The van der Waals surface area contributed by atoms with E-state index in [-0.39, 0.29) is 23.6 Å². The van der Waals surface area contributed by atoms with Gasteiger partial charge in [-0.1, -0.05) is 0 Å². The molecule has 0 aliphatic rings. The number of nitrogens with one attached hydrogen (secondary N) is 1. The predicted octanol–water partition coefficient (Wildman–Crippen LogP) is 1.12. The second-order valence-electron chi connectivity index (χ2n) is 4.37. The van der Waals surface area contributed by atoms with Gasteiger partial charge < -0.3 is 4.52 Å². The molecule has 0 fully saturated rings. The summed E-state index contributed by atoms with van der Waals surface area (Å²) in [6.07, 6.45) is 1.46. The van der Waals surface area contributed by atoms with Gasteiger partial charge in [-0.2, -0.15) is 0 Å².